The number of carbonyl (C=O) groups excluding carboxylic acids is 1. The Labute approximate surface area is 83.8 Å². The second kappa shape index (κ2) is 2.58. The molecular formula is C11H16O3. The lowest BCUT2D eigenvalue weighted by Crippen LogP contribution is -2.26. The molecule has 2 saturated carbocycles. The number of hydrogen-bond donors (Lipinski definition) is 0. The molecule has 0 amide bonds. The van der Waals surface area contributed by atoms with E-state index in [9.17, 15) is 4.79 Å². The summed E-state index contributed by atoms with van der Waals surface area (Å²) in [5.74, 6) is 0.945. The van der Waals surface area contributed by atoms with Gasteiger partial charge in [-0.1, -0.05) is 0 Å². The van der Waals surface area contributed by atoms with Gasteiger partial charge in [-0.25, -0.2) is 0 Å². The topological polar surface area (TPSA) is 35.5 Å². The van der Waals surface area contributed by atoms with E-state index in [-0.39, 0.29) is 12.2 Å². The predicted octanol–water partition coefficient (Wildman–Crippen LogP) is 1.51. The van der Waals surface area contributed by atoms with Crippen molar-refractivity contribution in [2.24, 2.45) is 11.8 Å². The standard InChI is InChI=1S/C11H16O3/c1-11(2)13-9-4-6-3-7(12)5-8(6)10(9)14-11/h6,8-10H,3-5H2,1-2H3/t6-,8-,9+,10-/m1/s1. The van der Waals surface area contributed by atoms with Gasteiger partial charge in [0.25, 0.3) is 0 Å². The second-order valence-electron chi connectivity index (χ2n) is 5.25. The molecule has 3 rings (SSSR count). The third kappa shape index (κ3) is 1.15. The lowest BCUT2D eigenvalue weighted by Gasteiger charge is -2.21. The zero-order chi connectivity index (χ0) is 9.92. The van der Waals surface area contributed by atoms with Crippen LogP contribution < -0.4 is 0 Å². The van der Waals surface area contributed by atoms with E-state index in [1.54, 1.807) is 0 Å². The van der Waals surface area contributed by atoms with E-state index in [1.165, 1.54) is 0 Å². The summed E-state index contributed by atoms with van der Waals surface area (Å²) in [6, 6.07) is 0. The largest absolute Gasteiger partial charge is 0.345 e. The van der Waals surface area contributed by atoms with Gasteiger partial charge in [0, 0.05) is 12.8 Å². The minimum Gasteiger partial charge on any atom is -0.345 e. The number of ketones is 1. The molecule has 1 heterocycles. The van der Waals surface area contributed by atoms with Gasteiger partial charge in [-0.2, -0.15) is 0 Å². The minimum absolute atomic E-state index is 0.182. The van der Waals surface area contributed by atoms with Gasteiger partial charge in [-0.15, -0.1) is 0 Å². The van der Waals surface area contributed by atoms with Crippen LogP contribution in [0.2, 0.25) is 0 Å². The third-order valence-corrected chi connectivity index (χ3v) is 3.74. The van der Waals surface area contributed by atoms with E-state index >= 15 is 0 Å². The van der Waals surface area contributed by atoms with Gasteiger partial charge >= 0.3 is 0 Å². The highest BCUT2D eigenvalue weighted by atomic mass is 16.8. The van der Waals surface area contributed by atoms with E-state index < -0.39 is 5.79 Å². The highest BCUT2D eigenvalue weighted by molar-refractivity contribution is 5.81. The predicted molar refractivity (Wildman–Crippen MR) is 49.7 cm³/mol. The molecule has 78 valence electrons. The molecule has 1 saturated heterocycles. The Bertz CT molecular complexity index is 284. The third-order valence-electron chi connectivity index (χ3n) is 3.74. The van der Waals surface area contributed by atoms with Crippen LogP contribution in [0, 0.1) is 11.8 Å². The summed E-state index contributed by atoms with van der Waals surface area (Å²) in [5, 5.41) is 0. The van der Waals surface area contributed by atoms with Crippen molar-refractivity contribution in [1.82, 2.24) is 0 Å². The van der Waals surface area contributed by atoms with Crippen LogP contribution in [0.25, 0.3) is 0 Å². The molecule has 3 heteroatoms. The molecule has 0 spiro atoms. The van der Waals surface area contributed by atoms with Gasteiger partial charge < -0.3 is 9.47 Å². The van der Waals surface area contributed by atoms with E-state index in [2.05, 4.69) is 0 Å². The molecule has 0 aromatic heterocycles. The Morgan fingerprint density at radius 2 is 2.07 bits per heavy atom. The molecule has 14 heavy (non-hydrogen) atoms. The Morgan fingerprint density at radius 3 is 2.86 bits per heavy atom. The zero-order valence-electron chi connectivity index (χ0n) is 8.66. The summed E-state index contributed by atoms with van der Waals surface area (Å²) >= 11 is 0. The SMILES string of the molecule is CC1(C)O[C@@H]2[C@@H]3CC(=O)C[C@@H]3C[C@@H]2O1. The molecular weight excluding hydrogens is 180 g/mol. The molecule has 3 nitrogen and oxygen atoms in total. The first-order valence-corrected chi connectivity index (χ1v) is 5.42. The minimum atomic E-state index is -0.439. The van der Waals surface area contributed by atoms with Gasteiger partial charge in [-0.05, 0) is 32.1 Å². The van der Waals surface area contributed by atoms with Crippen LogP contribution in [0.4, 0.5) is 0 Å². The smallest absolute Gasteiger partial charge is 0.163 e. The van der Waals surface area contributed by atoms with Crippen molar-refractivity contribution in [3.63, 3.8) is 0 Å². The summed E-state index contributed by atoms with van der Waals surface area (Å²) in [6.45, 7) is 3.91. The van der Waals surface area contributed by atoms with E-state index in [1.807, 2.05) is 13.8 Å². The number of Topliss-reactive ketones (excluding diaryl/α,β-unsaturated/α-hetero) is 1. The van der Waals surface area contributed by atoms with Gasteiger partial charge in [-0.3, -0.25) is 4.79 Å². The first-order chi connectivity index (χ1) is 6.55. The quantitative estimate of drug-likeness (QED) is 0.589. The summed E-state index contributed by atoms with van der Waals surface area (Å²) in [7, 11) is 0. The Morgan fingerprint density at radius 1 is 1.29 bits per heavy atom. The van der Waals surface area contributed by atoms with Crippen LogP contribution in [0.1, 0.15) is 33.1 Å². The first-order valence-electron chi connectivity index (χ1n) is 5.42. The Balaban J connectivity index is 1.81. The van der Waals surface area contributed by atoms with Gasteiger partial charge in [0.2, 0.25) is 0 Å². The molecule has 0 radical (unpaired) electrons. The molecule has 0 N–H and O–H groups in total. The molecule has 4 atom stereocenters. The lowest BCUT2D eigenvalue weighted by atomic mass is 9.99. The number of ether oxygens (including phenoxy) is 2. The molecule has 1 aliphatic heterocycles. The van der Waals surface area contributed by atoms with Crippen molar-refractivity contribution < 1.29 is 14.3 Å². The van der Waals surface area contributed by atoms with E-state index in [4.69, 9.17) is 9.47 Å². The number of carbonyl (C=O) groups is 1. The second-order valence-corrected chi connectivity index (χ2v) is 5.25. The van der Waals surface area contributed by atoms with Crippen molar-refractivity contribution in [3.8, 4) is 0 Å². The number of fused-ring (bicyclic) bond motifs is 3. The molecule has 3 aliphatic rings. The van der Waals surface area contributed by atoms with Gasteiger partial charge in [0.15, 0.2) is 5.79 Å². The monoisotopic (exact) mass is 196 g/mol. The average Bonchev–Trinajstić information content (AvgIpc) is 2.58. The normalized spacial score (nSPS) is 49.4. The molecule has 0 aromatic rings. The first kappa shape index (κ1) is 8.86. The van der Waals surface area contributed by atoms with Crippen molar-refractivity contribution in [1.29, 1.82) is 0 Å². The summed E-state index contributed by atoms with van der Waals surface area (Å²) in [5.41, 5.74) is 0. The molecule has 3 fully saturated rings. The van der Waals surface area contributed by atoms with Crippen LogP contribution in [-0.2, 0) is 14.3 Å². The molecule has 0 unspecified atom stereocenters. The van der Waals surface area contributed by atoms with Crippen LogP contribution in [-0.4, -0.2) is 23.8 Å². The molecule has 2 aliphatic carbocycles. The van der Waals surface area contributed by atoms with Gasteiger partial charge in [0.05, 0.1) is 12.2 Å². The molecule has 0 bridgehead atoms. The van der Waals surface area contributed by atoms with Crippen LogP contribution in [0.5, 0.6) is 0 Å². The van der Waals surface area contributed by atoms with Crippen molar-refractivity contribution in [2.75, 3.05) is 0 Å². The van der Waals surface area contributed by atoms with Crippen molar-refractivity contribution >= 4 is 5.78 Å². The maximum atomic E-state index is 11.3. The van der Waals surface area contributed by atoms with Crippen LogP contribution in [0.15, 0.2) is 0 Å². The maximum Gasteiger partial charge on any atom is 0.163 e. The summed E-state index contributed by atoms with van der Waals surface area (Å²) in [6.07, 6.45) is 2.91. The zero-order valence-corrected chi connectivity index (χ0v) is 8.66. The fourth-order valence-electron chi connectivity index (χ4n) is 3.31. The molecule has 0 aromatic carbocycles. The van der Waals surface area contributed by atoms with E-state index in [0.29, 0.717) is 24.0 Å². The van der Waals surface area contributed by atoms with Crippen LogP contribution >= 0.6 is 0 Å². The number of rotatable bonds is 0. The highest BCUT2D eigenvalue weighted by Crippen LogP contribution is 2.50. The highest BCUT2D eigenvalue weighted by Gasteiger charge is 2.55. The fraction of sp³-hybridized carbons (Fsp3) is 0.909. The van der Waals surface area contributed by atoms with Crippen molar-refractivity contribution in [3.05, 3.63) is 0 Å². The summed E-state index contributed by atoms with van der Waals surface area (Å²) in [4.78, 5) is 11.3. The lowest BCUT2D eigenvalue weighted by molar-refractivity contribution is -0.158. The average molecular weight is 196 g/mol. The Kier molecular flexibility index (Phi) is 1.63. The number of hydrogen-bond acceptors (Lipinski definition) is 3. The van der Waals surface area contributed by atoms with Crippen LogP contribution in [0.3, 0.4) is 0 Å². The van der Waals surface area contributed by atoms with Crippen molar-refractivity contribution in [2.45, 2.75) is 51.1 Å². The fourth-order valence-corrected chi connectivity index (χ4v) is 3.31. The van der Waals surface area contributed by atoms with Gasteiger partial charge in [0.1, 0.15) is 5.78 Å². The van der Waals surface area contributed by atoms with E-state index in [0.717, 1.165) is 12.8 Å². The Hall–Kier alpha value is -0.410. The maximum absolute atomic E-state index is 11.3. The summed E-state index contributed by atoms with van der Waals surface area (Å²) < 4.78 is 11.7.